The first-order valence-electron chi connectivity index (χ1n) is 10.4. The van der Waals surface area contributed by atoms with Gasteiger partial charge in [0.1, 0.15) is 12.1 Å². The summed E-state index contributed by atoms with van der Waals surface area (Å²) in [5.74, 6) is 1.48. The molecule has 30 heavy (non-hydrogen) atoms. The van der Waals surface area contributed by atoms with Gasteiger partial charge in [-0.05, 0) is 50.5 Å². The van der Waals surface area contributed by atoms with E-state index in [2.05, 4.69) is 34.5 Å². The van der Waals surface area contributed by atoms with E-state index in [0.29, 0.717) is 31.3 Å². The zero-order valence-electron chi connectivity index (χ0n) is 18.3. The molecule has 8 heteroatoms. The minimum Gasteiger partial charge on any atom is -0.444 e. The van der Waals surface area contributed by atoms with E-state index < -0.39 is 0 Å². The number of ether oxygens (including phenoxy) is 1. The molecule has 1 aromatic carbocycles. The number of benzene rings is 1. The third-order valence-electron chi connectivity index (χ3n) is 4.47. The van der Waals surface area contributed by atoms with Crippen molar-refractivity contribution in [2.45, 2.75) is 46.6 Å². The lowest BCUT2D eigenvalue weighted by Gasteiger charge is -2.20. The number of aromatic nitrogens is 1. The number of halogens is 2. The topological polar surface area (TPSA) is 71.7 Å². The first kappa shape index (κ1) is 26.4. The Hall–Kier alpha value is -1.68. The molecule has 0 aliphatic carbocycles. The van der Waals surface area contributed by atoms with E-state index in [4.69, 9.17) is 9.15 Å². The summed E-state index contributed by atoms with van der Waals surface area (Å²) in [5.41, 5.74) is 1.60. The van der Waals surface area contributed by atoms with Gasteiger partial charge in [-0.25, -0.2) is 9.37 Å². The van der Waals surface area contributed by atoms with E-state index in [1.807, 2.05) is 13.8 Å². The average molecular weight is 532 g/mol. The molecule has 2 aromatic rings. The normalized spacial score (nSPS) is 12.5. The minimum atomic E-state index is -0.277. The molecule has 0 amide bonds. The van der Waals surface area contributed by atoms with E-state index in [1.54, 1.807) is 18.4 Å². The Morgan fingerprint density at radius 2 is 1.93 bits per heavy atom. The third kappa shape index (κ3) is 8.99. The maximum absolute atomic E-state index is 13.0. The molecule has 2 rings (SSSR count). The molecule has 2 N–H and O–H groups in total. The lowest BCUT2D eigenvalue weighted by atomic mass is 10.0. The van der Waals surface area contributed by atoms with Crippen LogP contribution in [0.5, 0.6) is 0 Å². The van der Waals surface area contributed by atoms with Crippen LogP contribution in [0.25, 0.3) is 11.5 Å². The molecule has 0 aliphatic heterocycles. The van der Waals surface area contributed by atoms with Crippen LogP contribution >= 0.6 is 24.0 Å². The van der Waals surface area contributed by atoms with Gasteiger partial charge in [-0.1, -0.05) is 13.8 Å². The molecule has 1 heterocycles. The van der Waals surface area contributed by atoms with Crippen molar-refractivity contribution in [3.63, 3.8) is 0 Å². The van der Waals surface area contributed by atoms with Crippen molar-refractivity contribution >= 4 is 29.9 Å². The molecule has 1 aromatic heterocycles. The summed E-state index contributed by atoms with van der Waals surface area (Å²) in [7, 11) is 0. The van der Waals surface area contributed by atoms with Crippen LogP contribution in [0.3, 0.4) is 0 Å². The number of nitrogens with zero attached hydrogens (tertiary/aromatic N) is 2. The highest BCUT2D eigenvalue weighted by molar-refractivity contribution is 14.0. The van der Waals surface area contributed by atoms with Crippen molar-refractivity contribution in [1.82, 2.24) is 15.6 Å². The number of hydrogen-bond donors (Lipinski definition) is 2. The molecule has 0 radical (unpaired) electrons. The Kier molecular flexibility index (Phi) is 12.6. The predicted octanol–water partition coefficient (Wildman–Crippen LogP) is 4.65. The summed E-state index contributed by atoms with van der Waals surface area (Å²) in [6.45, 7) is 11.3. The summed E-state index contributed by atoms with van der Waals surface area (Å²) < 4.78 is 24.3. The number of hydrogen-bond acceptors (Lipinski definition) is 4. The summed E-state index contributed by atoms with van der Waals surface area (Å²) in [4.78, 5) is 9.12. The Morgan fingerprint density at radius 3 is 2.57 bits per heavy atom. The van der Waals surface area contributed by atoms with Gasteiger partial charge in [0.2, 0.25) is 5.89 Å². The highest BCUT2D eigenvalue weighted by Gasteiger charge is 2.12. The largest absolute Gasteiger partial charge is 0.444 e. The highest BCUT2D eigenvalue weighted by atomic mass is 127. The van der Waals surface area contributed by atoms with E-state index >= 15 is 0 Å². The monoisotopic (exact) mass is 532 g/mol. The Labute approximate surface area is 196 Å². The molecule has 6 nitrogen and oxygen atoms in total. The molecular formula is C22H34FIN4O2. The van der Waals surface area contributed by atoms with Crippen LogP contribution < -0.4 is 10.6 Å². The molecule has 0 spiro atoms. The van der Waals surface area contributed by atoms with E-state index in [0.717, 1.165) is 36.8 Å². The number of rotatable bonds is 11. The molecular weight excluding hydrogens is 498 g/mol. The zero-order valence-corrected chi connectivity index (χ0v) is 20.6. The molecule has 0 saturated carbocycles. The lowest BCUT2D eigenvalue weighted by molar-refractivity contribution is 0.0266. The fraction of sp³-hybridized carbons (Fsp3) is 0.545. The summed E-state index contributed by atoms with van der Waals surface area (Å²) in [6.07, 6.45) is 3.46. The highest BCUT2D eigenvalue weighted by Crippen LogP contribution is 2.19. The molecule has 0 bridgehead atoms. The van der Waals surface area contributed by atoms with Gasteiger partial charge in [-0.15, -0.1) is 24.0 Å². The maximum atomic E-state index is 13.0. The van der Waals surface area contributed by atoms with Crippen molar-refractivity contribution in [3.05, 3.63) is 42.0 Å². The van der Waals surface area contributed by atoms with Crippen molar-refractivity contribution in [3.8, 4) is 11.5 Å². The summed E-state index contributed by atoms with van der Waals surface area (Å²) in [6, 6.07) is 6.11. The quantitative estimate of drug-likeness (QED) is 0.251. The van der Waals surface area contributed by atoms with Gasteiger partial charge in [0.15, 0.2) is 5.96 Å². The number of oxazole rings is 1. The fourth-order valence-corrected chi connectivity index (χ4v) is 2.92. The van der Waals surface area contributed by atoms with Crippen LogP contribution in [-0.2, 0) is 11.2 Å². The third-order valence-corrected chi connectivity index (χ3v) is 4.47. The van der Waals surface area contributed by atoms with Gasteiger partial charge < -0.3 is 19.8 Å². The molecule has 168 valence electrons. The second kappa shape index (κ2) is 14.3. The van der Waals surface area contributed by atoms with E-state index in [-0.39, 0.29) is 35.9 Å². The Morgan fingerprint density at radius 1 is 1.20 bits per heavy atom. The smallest absolute Gasteiger partial charge is 0.226 e. The van der Waals surface area contributed by atoms with Crippen molar-refractivity contribution in [1.29, 1.82) is 0 Å². The van der Waals surface area contributed by atoms with Crippen LogP contribution in [0, 0.1) is 11.7 Å². The van der Waals surface area contributed by atoms with Gasteiger partial charge in [0, 0.05) is 38.2 Å². The van der Waals surface area contributed by atoms with Crippen molar-refractivity contribution < 1.29 is 13.5 Å². The van der Waals surface area contributed by atoms with Crippen molar-refractivity contribution in [2.75, 3.05) is 26.2 Å². The van der Waals surface area contributed by atoms with E-state index in [1.165, 1.54) is 12.1 Å². The average Bonchev–Trinajstić information content (AvgIpc) is 3.16. The molecule has 0 fully saturated rings. The van der Waals surface area contributed by atoms with Gasteiger partial charge in [0.05, 0.1) is 11.8 Å². The maximum Gasteiger partial charge on any atom is 0.226 e. The first-order valence-corrected chi connectivity index (χ1v) is 10.4. The van der Waals surface area contributed by atoms with Gasteiger partial charge >= 0.3 is 0 Å². The second-order valence-electron chi connectivity index (χ2n) is 7.11. The zero-order chi connectivity index (χ0) is 21.1. The van der Waals surface area contributed by atoms with Crippen molar-refractivity contribution in [2.24, 2.45) is 10.9 Å². The Bertz CT molecular complexity index is 750. The summed E-state index contributed by atoms with van der Waals surface area (Å²) >= 11 is 0. The SMILES string of the molecule is CCNC(=NCCC(OCC)C(C)C)NCCc1coc(-c2ccc(F)cc2)n1.I. The Balaban J connectivity index is 0.00000450. The minimum absolute atomic E-state index is 0. The predicted molar refractivity (Wildman–Crippen MR) is 130 cm³/mol. The lowest BCUT2D eigenvalue weighted by Crippen LogP contribution is -2.38. The number of aliphatic imine (C=N–C) groups is 1. The standard InChI is InChI=1S/C22H33FN4O2.HI/c1-5-24-22(26-14-12-20(16(3)4)28-6-2)25-13-11-19-15-29-21(27-19)17-7-9-18(23)10-8-17;/h7-10,15-16,20H,5-6,11-14H2,1-4H3,(H2,24,25,26);1H. The van der Waals surface area contributed by atoms with Crippen LogP contribution in [0.4, 0.5) is 4.39 Å². The van der Waals surface area contributed by atoms with E-state index in [9.17, 15) is 4.39 Å². The summed E-state index contributed by atoms with van der Waals surface area (Å²) in [5, 5.41) is 6.59. The number of guanidine groups is 1. The molecule has 1 atom stereocenters. The number of nitrogens with one attached hydrogen (secondary N) is 2. The molecule has 0 saturated heterocycles. The van der Waals surface area contributed by atoms with Gasteiger partial charge in [-0.3, -0.25) is 4.99 Å². The first-order chi connectivity index (χ1) is 14.0. The second-order valence-corrected chi connectivity index (χ2v) is 7.11. The van der Waals surface area contributed by atoms with Gasteiger partial charge in [-0.2, -0.15) is 0 Å². The van der Waals surface area contributed by atoms with Crippen LogP contribution in [0.2, 0.25) is 0 Å². The van der Waals surface area contributed by atoms with Crippen LogP contribution in [0.15, 0.2) is 39.9 Å². The van der Waals surface area contributed by atoms with Crippen LogP contribution in [-0.4, -0.2) is 43.3 Å². The van der Waals surface area contributed by atoms with Gasteiger partial charge in [0.25, 0.3) is 0 Å². The fourth-order valence-electron chi connectivity index (χ4n) is 2.92. The molecule has 1 unspecified atom stereocenters. The van der Waals surface area contributed by atoms with Crippen LogP contribution in [0.1, 0.15) is 39.8 Å². The molecule has 0 aliphatic rings.